The largest absolute Gasteiger partial charge is 0.462 e. The maximum Gasteiger partial charge on any atom is 0.316 e. The lowest BCUT2D eigenvalue weighted by molar-refractivity contribution is -0.155. The van der Waals surface area contributed by atoms with Gasteiger partial charge in [-0.15, -0.1) is 0 Å². The van der Waals surface area contributed by atoms with Crippen molar-refractivity contribution in [1.82, 2.24) is 4.90 Å². The minimum atomic E-state index is -0.658. The molecule has 0 amide bonds. The molecule has 2 fully saturated rings. The van der Waals surface area contributed by atoms with Crippen LogP contribution in [0.1, 0.15) is 30.7 Å². The monoisotopic (exact) mass is 303 g/mol. The molecule has 0 radical (unpaired) electrons. The van der Waals surface area contributed by atoms with E-state index in [-0.39, 0.29) is 30.6 Å². The first-order valence-corrected chi connectivity index (χ1v) is 7.71. The average Bonchev–Trinajstić information content (AvgIpc) is 2.68. The lowest BCUT2D eigenvalue weighted by atomic mass is 9.98. The fourth-order valence-electron chi connectivity index (χ4n) is 3.53. The molecule has 5 nitrogen and oxygen atoms in total. The first-order chi connectivity index (χ1) is 10.6. The summed E-state index contributed by atoms with van der Waals surface area (Å²) in [6.45, 7) is -0.277. The molecular weight excluding hydrogens is 282 g/mol. The minimum Gasteiger partial charge on any atom is -0.462 e. The van der Waals surface area contributed by atoms with Crippen molar-refractivity contribution in [2.24, 2.45) is 0 Å². The van der Waals surface area contributed by atoms with Gasteiger partial charge in [-0.25, -0.2) is 0 Å². The van der Waals surface area contributed by atoms with Crippen LogP contribution in [-0.4, -0.2) is 53.6 Å². The second-order valence-electron chi connectivity index (χ2n) is 6.18. The van der Waals surface area contributed by atoms with Crippen molar-refractivity contribution < 1.29 is 19.4 Å². The van der Waals surface area contributed by atoms with E-state index in [0.717, 1.165) is 5.56 Å². The van der Waals surface area contributed by atoms with Crippen molar-refractivity contribution in [2.75, 3.05) is 13.7 Å². The smallest absolute Gasteiger partial charge is 0.316 e. The summed E-state index contributed by atoms with van der Waals surface area (Å²) < 4.78 is 5.60. The number of piperidine rings is 1. The summed E-state index contributed by atoms with van der Waals surface area (Å²) in [5.41, 5.74) is 0.752. The minimum absolute atomic E-state index is 0.124. The first kappa shape index (κ1) is 15.2. The number of ketones is 1. The zero-order chi connectivity index (χ0) is 15.7. The summed E-state index contributed by atoms with van der Waals surface area (Å²) in [6.07, 6.45) is 1.57. The van der Waals surface area contributed by atoms with E-state index >= 15 is 0 Å². The number of fused-ring (bicyclic) bond motifs is 2. The van der Waals surface area contributed by atoms with Crippen LogP contribution in [0.5, 0.6) is 0 Å². The molecule has 5 heteroatoms. The number of esters is 1. The molecule has 2 saturated heterocycles. The summed E-state index contributed by atoms with van der Waals surface area (Å²) in [5.74, 6) is -0.822. The molecule has 0 spiro atoms. The molecule has 2 aliphatic heterocycles. The van der Waals surface area contributed by atoms with Gasteiger partial charge >= 0.3 is 5.97 Å². The molecule has 0 aromatic heterocycles. The third-order valence-electron chi connectivity index (χ3n) is 4.85. The quantitative estimate of drug-likeness (QED) is 0.844. The Kier molecular flexibility index (Phi) is 4.27. The zero-order valence-electron chi connectivity index (χ0n) is 12.6. The lowest BCUT2D eigenvalue weighted by Crippen LogP contribution is -2.45. The van der Waals surface area contributed by atoms with Gasteiger partial charge in [-0.05, 0) is 12.6 Å². The molecule has 0 aliphatic carbocycles. The number of hydrogen-bond acceptors (Lipinski definition) is 5. The maximum atomic E-state index is 12.4. The van der Waals surface area contributed by atoms with Gasteiger partial charge in [0.2, 0.25) is 0 Å². The van der Waals surface area contributed by atoms with Gasteiger partial charge in [0, 0.05) is 25.3 Å². The molecule has 0 unspecified atom stereocenters. The van der Waals surface area contributed by atoms with E-state index in [1.807, 2.05) is 37.4 Å². The zero-order valence-corrected chi connectivity index (χ0v) is 12.6. The van der Waals surface area contributed by atoms with Crippen LogP contribution in [-0.2, 0) is 14.3 Å². The summed E-state index contributed by atoms with van der Waals surface area (Å²) in [4.78, 5) is 26.3. The van der Waals surface area contributed by atoms with E-state index < -0.39 is 11.9 Å². The highest BCUT2D eigenvalue weighted by molar-refractivity contribution is 5.87. The summed E-state index contributed by atoms with van der Waals surface area (Å²) in [6, 6.07) is 9.20. The van der Waals surface area contributed by atoms with Gasteiger partial charge in [0.05, 0.1) is 12.6 Å². The number of aliphatic hydroxyl groups is 1. The van der Waals surface area contributed by atoms with Crippen LogP contribution < -0.4 is 0 Å². The number of rotatable bonds is 4. The van der Waals surface area contributed by atoms with Gasteiger partial charge in [-0.2, -0.15) is 0 Å². The topological polar surface area (TPSA) is 66.8 Å². The number of Topliss-reactive ketones (excluding diaryl/α,β-unsaturated/α-hetero) is 1. The Bertz CT molecular complexity index is 559. The molecule has 1 N–H and O–H groups in total. The number of carbonyl (C=O) groups excluding carboxylic acids is 2. The van der Waals surface area contributed by atoms with Crippen LogP contribution in [0.15, 0.2) is 30.3 Å². The maximum absolute atomic E-state index is 12.4. The third kappa shape index (κ3) is 2.78. The van der Waals surface area contributed by atoms with Gasteiger partial charge in [-0.1, -0.05) is 30.3 Å². The van der Waals surface area contributed by atoms with Crippen molar-refractivity contribution in [3.63, 3.8) is 0 Å². The normalized spacial score (nSPS) is 29.4. The average molecular weight is 303 g/mol. The number of ether oxygens (including phenoxy) is 1. The van der Waals surface area contributed by atoms with Gasteiger partial charge in [0.15, 0.2) is 5.78 Å². The number of likely N-dealkylation sites (N-methyl/N-ethyl adjacent to an activating group) is 1. The Balaban J connectivity index is 1.66. The standard InChI is InChI=1S/C17H21NO4/c1-18-12-7-13(9-15(18)16(20)8-12)22-17(21)14(10-19)11-5-3-2-4-6-11/h2-6,12-15,19H,7-10H2,1H3/t12-,13-,14+,15+/m0/s1. The Morgan fingerprint density at radius 3 is 2.73 bits per heavy atom. The van der Waals surface area contributed by atoms with E-state index in [4.69, 9.17) is 4.74 Å². The van der Waals surface area contributed by atoms with Crippen molar-refractivity contribution in [1.29, 1.82) is 0 Å². The molecule has 2 aliphatic rings. The molecule has 22 heavy (non-hydrogen) atoms. The van der Waals surface area contributed by atoms with Crippen LogP contribution in [0, 0.1) is 0 Å². The Labute approximate surface area is 129 Å². The fraction of sp³-hybridized carbons (Fsp3) is 0.529. The van der Waals surface area contributed by atoms with Crippen molar-refractivity contribution in [3.8, 4) is 0 Å². The van der Waals surface area contributed by atoms with Crippen LogP contribution in [0.4, 0.5) is 0 Å². The number of nitrogens with zero attached hydrogens (tertiary/aromatic N) is 1. The molecule has 2 heterocycles. The molecule has 1 aromatic rings. The Morgan fingerprint density at radius 2 is 2.09 bits per heavy atom. The second-order valence-corrected chi connectivity index (χ2v) is 6.18. The fourth-order valence-corrected chi connectivity index (χ4v) is 3.53. The van der Waals surface area contributed by atoms with Gasteiger partial charge in [-0.3, -0.25) is 14.5 Å². The number of benzene rings is 1. The molecule has 3 rings (SSSR count). The predicted octanol–water partition coefficient (Wildman–Crippen LogP) is 1.11. The summed E-state index contributed by atoms with van der Waals surface area (Å²) >= 11 is 0. The number of hydrogen-bond donors (Lipinski definition) is 1. The van der Waals surface area contributed by atoms with E-state index in [1.54, 1.807) is 0 Å². The molecule has 118 valence electrons. The van der Waals surface area contributed by atoms with E-state index in [2.05, 4.69) is 4.90 Å². The van der Waals surface area contributed by atoms with E-state index in [1.165, 1.54) is 0 Å². The van der Waals surface area contributed by atoms with Crippen LogP contribution >= 0.6 is 0 Å². The SMILES string of the molecule is CN1[C@@H]2CC(=O)[C@H]1C[C@@H](OC(=O)[C@H](CO)c1ccccc1)C2. The van der Waals surface area contributed by atoms with Crippen molar-refractivity contribution in [3.05, 3.63) is 35.9 Å². The van der Waals surface area contributed by atoms with Crippen LogP contribution in [0.2, 0.25) is 0 Å². The highest BCUT2D eigenvalue weighted by atomic mass is 16.5. The van der Waals surface area contributed by atoms with Crippen molar-refractivity contribution >= 4 is 11.8 Å². The van der Waals surface area contributed by atoms with Gasteiger partial charge in [0.1, 0.15) is 12.0 Å². The van der Waals surface area contributed by atoms with E-state index in [9.17, 15) is 14.7 Å². The predicted molar refractivity (Wildman–Crippen MR) is 80.3 cm³/mol. The Morgan fingerprint density at radius 1 is 1.36 bits per heavy atom. The first-order valence-electron chi connectivity index (χ1n) is 7.71. The number of carbonyl (C=O) groups is 2. The number of aliphatic hydroxyl groups excluding tert-OH is 1. The van der Waals surface area contributed by atoms with Gasteiger partial charge < -0.3 is 9.84 Å². The molecular formula is C17H21NO4. The summed E-state index contributed by atoms with van der Waals surface area (Å²) in [7, 11) is 1.96. The summed E-state index contributed by atoms with van der Waals surface area (Å²) in [5, 5.41) is 9.52. The highest BCUT2D eigenvalue weighted by Crippen LogP contribution is 2.34. The Hall–Kier alpha value is -1.72. The van der Waals surface area contributed by atoms with E-state index in [0.29, 0.717) is 19.3 Å². The van der Waals surface area contributed by atoms with Crippen LogP contribution in [0.3, 0.4) is 0 Å². The molecule has 0 saturated carbocycles. The van der Waals surface area contributed by atoms with Gasteiger partial charge in [0.25, 0.3) is 0 Å². The highest BCUT2D eigenvalue weighted by Gasteiger charge is 2.45. The second kappa shape index (κ2) is 6.18. The van der Waals surface area contributed by atoms with Crippen molar-refractivity contribution in [2.45, 2.75) is 43.4 Å². The molecule has 1 aromatic carbocycles. The molecule has 2 bridgehead atoms. The molecule has 4 atom stereocenters. The lowest BCUT2D eigenvalue weighted by Gasteiger charge is -2.35. The third-order valence-corrected chi connectivity index (χ3v) is 4.85. The van der Waals surface area contributed by atoms with Crippen LogP contribution in [0.25, 0.3) is 0 Å².